The Hall–Kier alpha value is -5.23. The topological polar surface area (TPSA) is 187 Å². The molecular formula is C30H33N9O3. The fraction of sp³-hybridized carbons (Fsp3) is 0.233. The molecule has 4 aromatic heterocycles. The van der Waals surface area contributed by atoms with Crippen LogP contribution in [0.5, 0.6) is 5.88 Å². The lowest BCUT2D eigenvalue weighted by Crippen LogP contribution is -2.29. The van der Waals surface area contributed by atoms with Crippen LogP contribution in [0.1, 0.15) is 48.6 Å². The summed E-state index contributed by atoms with van der Waals surface area (Å²) in [5.74, 6) is 0.958. The van der Waals surface area contributed by atoms with Crippen molar-refractivity contribution in [2.24, 2.45) is 16.5 Å². The molecule has 0 aliphatic rings. The maximum atomic E-state index is 12.9. The Kier molecular flexibility index (Phi) is 8.87. The van der Waals surface area contributed by atoms with E-state index in [1.54, 1.807) is 64.5 Å². The van der Waals surface area contributed by atoms with E-state index in [0.717, 1.165) is 16.8 Å². The van der Waals surface area contributed by atoms with Gasteiger partial charge >= 0.3 is 0 Å². The Balaban J connectivity index is 1.44. The van der Waals surface area contributed by atoms with Crippen molar-refractivity contribution < 1.29 is 14.6 Å². The molecule has 1 unspecified atom stereocenters. The number of aryl methyl sites for hydroxylation is 1. The summed E-state index contributed by atoms with van der Waals surface area (Å²) in [4.78, 5) is 39.1. The molecule has 0 fully saturated rings. The Morgan fingerprint density at radius 3 is 2.36 bits per heavy atom. The van der Waals surface area contributed by atoms with Crippen molar-refractivity contribution in [3.63, 3.8) is 0 Å². The highest BCUT2D eigenvalue weighted by Gasteiger charge is 2.17. The first-order valence-corrected chi connectivity index (χ1v) is 13.1. The molecule has 0 spiro atoms. The normalized spacial score (nSPS) is 13.0. The quantitative estimate of drug-likeness (QED) is 0.172. The molecule has 0 bridgehead atoms. The molecular weight excluding hydrogens is 534 g/mol. The van der Waals surface area contributed by atoms with Crippen molar-refractivity contribution in [2.45, 2.75) is 39.3 Å². The maximum Gasteiger partial charge on any atom is 0.270 e. The number of hydrogen-bond acceptors (Lipinski definition) is 10. The third-order valence-corrected chi connectivity index (χ3v) is 6.22. The molecule has 0 saturated heterocycles. The van der Waals surface area contributed by atoms with Gasteiger partial charge in [-0.15, -0.1) is 0 Å². The summed E-state index contributed by atoms with van der Waals surface area (Å²) < 4.78 is 5.10. The average molecular weight is 568 g/mol. The van der Waals surface area contributed by atoms with Crippen LogP contribution in [0.15, 0.2) is 77.8 Å². The fourth-order valence-corrected chi connectivity index (χ4v) is 3.74. The number of nitrogens with zero attached hydrogens (tertiary/aromatic N) is 6. The van der Waals surface area contributed by atoms with Crippen molar-refractivity contribution in [1.29, 1.82) is 0 Å². The summed E-state index contributed by atoms with van der Waals surface area (Å²) in [6, 6.07) is 12.1. The van der Waals surface area contributed by atoms with E-state index >= 15 is 0 Å². The van der Waals surface area contributed by atoms with Crippen molar-refractivity contribution >= 4 is 17.6 Å². The number of pyridine rings is 3. The van der Waals surface area contributed by atoms with Crippen molar-refractivity contribution in [3.8, 4) is 28.5 Å². The van der Waals surface area contributed by atoms with Crippen molar-refractivity contribution in [3.05, 3.63) is 89.8 Å². The number of amidine groups is 1. The number of aliphatic imine (C=N–C) groups is 1. The van der Waals surface area contributed by atoms with Gasteiger partial charge in [0.05, 0.1) is 24.4 Å². The van der Waals surface area contributed by atoms with Crippen LogP contribution >= 0.6 is 0 Å². The zero-order valence-corrected chi connectivity index (χ0v) is 24.0. The number of carbonyl (C=O) groups is 1. The molecule has 1 amide bonds. The molecule has 216 valence electrons. The fourth-order valence-electron chi connectivity index (χ4n) is 3.74. The van der Waals surface area contributed by atoms with Gasteiger partial charge in [-0.25, -0.2) is 19.9 Å². The summed E-state index contributed by atoms with van der Waals surface area (Å²) in [5, 5.41) is 12.9. The van der Waals surface area contributed by atoms with Gasteiger partial charge in [0.15, 0.2) is 11.6 Å². The van der Waals surface area contributed by atoms with E-state index in [4.69, 9.17) is 16.2 Å². The van der Waals surface area contributed by atoms with Gasteiger partial charge in [-0.1, -0.05) is 6.07 Å². The molecule has 6 N–H and O–H groups in total. The summed E-state index contributed by atoms with van der Waals surface area (Å²) in [6.45, 7) is 6.77. The van der Waals surface area contributed by atoms with E-state index in [0.29, 0.717) is 28.8 Å². The second-order valence-corrected chi connectivity index (χ2v) is 10.1. The van der Waals surface area contributed by atoms with Crippen LogP contribution in [-0.4, -0.2) is 54.5 Å². The second kappa shape index (κ2) is 12.5. The number of aliphatic hydroxyl groups is 1. The first-order chi connectivity index (χ1) is 19.9. The zero-order valence-electron chi connectivity index (χ0n) is 24.0. The van der Waals surface area contributed by atoms with Crippen LogP contribution in [0.25, 0.3) is 22.6 Å². The monoisotopic (exact) mass is 567 g/mol. The van der Waals surface area contributed by atoms with Gasteiger partial charge in [0, 0.05) is 59.3 Å². The maximum absolute atomic E-state index is 12.9. The van der Waals surface area contributed by atoms with Crippen molar-refractivity contribution in [2.75, 3.05) is 7.11 Å². The number of nitrogens with one attached hydrogen (secondary N) is 1. The smallest absolute Gasteiger partial charge is 0.270 e. The molecule has 0 aliphatic carbocycles. The summed E-state index contributed by atoms with van der Waals surface area (Å²) in [5.41, 5.74) is 14.7. The van der Waals surface area contributed by atoms with Crippen LogP contribution < -0.4 is 21.5 Å². The number of nitrogens with two attached hydrogens (primary N) is 2. The van der Waals surface area contributed by atoms with Gasteiger partial charge in [0.1, 0.15) is 11.5 Å². The number of methoxy groups -OCH3 is 1. The Labute approximate surface area is 243 Å². The van der Waals surface area contributed by atoms with Gasteiger partial charge in [0.25, 0.3) is 5.91 Å². The van der Waals surface area contributed by atoms with Gasteiger partial charge in [-0.2, -0.15) is 0 Å². The summed E-state index contributed by atoms with van der Waals surface area (Å²) in [6.07, 6.45) is 6.32. The minimum absolute atomic E-state index is 0.0838. The highest BCUT2D eigenvalue weighted by Crippen LogP contribution is 2.22. The van der Waals surface area contributed by atoms with Gasteiger partial charge in [-0.05, 0) is 57.5 Å². The Bertz CT molecular complexity index is 1610. The molecule has 0 radical (unpaired) electrons. The molecule has 0 aliphatic heterocycles. The molecule has 4 aromatic rings. The van der Waals surface area contributed by atoms with Gasteiger partial charge < -0.3 is 26.6 Å². The number of aromatic nitrogens is 5. The minimum atomic E-state index is -1.23. The Morgan fingerprint density at radius 2 is 1.76 bits per heavy atom. The number of hydrogen-bond donors (Lipinski definition) is 4. The largest absolute Gasteiger partial charge is 0.481 e. The molecule has 0 saturated carbocycles. The summed E-state index contributed by atoms with van der Waals surface area (Å²) >= 11 is 0. The molecule has 12 heteroatoms. The van der Waals surface area contributed by atoms with Crippen LogP contribution in [0.3, 0.4) is 0 Å². The molecule has 42 heavy (non-hydrogen) atoms. The number of carbonyl (C=O) groups excluding carboxylic acids is 1. The third kappa shape index (κ3) is 7.49. The van der Waals surface area contributed by atoms with E-state index < -0.39 is 5.60 Å². The van der Waals surface area contributed by atoms with Crippen LogP contribution in [0, 0.1) is 6.92 Å². The van der Waals surface area contributed by atoms with Gasteiger partial charge in [0.2, 0.25) is 5.88 Å². The molecule has 4 rings (SSSR count). The minimum Gasteiger partial charge on any atom is -0.481 e. The standard InChI is InChI=1S/C30H33N9O3/c1-17-12-26(38-25(32)13-24(31)30(3,4)41)39-28(36-17)21-7-10-23(34-16-21)29(40)37-18(2)19-6-9-22(33-14-19)20-8-11-27(42-5)35-15-20/h6-16,18,41H,31H2,1-5H3,(H,37,40)(H2,32,36,38,39)/b24-13-. The molecule has 1 atom stereocenters. The van der Waals surface area contributed by atoms with E-state index in [-0.39, 0.29) is 29.2 Å². The third-order valence-electron chi connectivity index (χ3n) is 6.22. The van der Waals surface area contributed by atoms with Crippen molar-refractivity contribution in [1.82, 2.24) is 30.2 Å². The predicted molar refractivity (Wildman–Crippen MR) is 160 cm³/mol. The first kappa shape index (κ1) is 29.7. The Morgan fingerprint density at radius 1 is 1.02 bits per heavy atom. The van der Waals surface area contributed by atoms with Gasteiger partial charge in [-0.3, -0.25) is 14.8 Å². The van der Waals surface area contributed by atoms with E-state index in [2.05, 4.69) is 35.2 Å². The number of amides is 1. The van der Waals surface area contributed by atoms with Crippen LogP contribution in [-0.2, 0) is 0 Å². The molecule has 0 aromatic carbocycles. The van der Waals surface area contributed by atoms with E-state index in [9.17, 15) is 9.90 Å². The average Bonchev–Trinajstić information content (AvgIpc) is 2.96. The first-order valence-electron chi connectivity index (χ1n) is 13.1. The highest BCUT2D eigenvalue weighted by atomic mass is 16.5. The lowest BCUT2D eigenvalue weighted by molar-refractivity contribution is 0.0934. The highest BCUT2D eigenvalue weighted by molar-refractivity contribution is 5.94. The SMILES string of the molecule is COc1ccc(-c2ccc(C(C)NC(=O)c3ccc(-c4nc(C)cc(N=C(N)/C=C(\N)C(C)(C)O)n4)cn3)cn2)cn1. The molecule has 12 nitrogen and oxygen atoms in total. The molecule has 4 heterocycles. The number of rotatable bonds is 9. The van der Waals surface area contributed by atoms with E-state index in [1.165, 1.54) is 12.3 Å². The zero-order chi connectivity index (χ0) is 30.4. The van der Waals surface area contributed by atoms with E-state index in [1.807, 2.05) is 25.1 Å². The number of ether oxygens (including phenoxy) is 1. The van der Waals surface area contributed by atoms with Crippen LogP contribution in [0.4, 0.5) is 5.82 Å². The summed E-state index contributed by atoms with van der Waals surface area (Å²) in [7, 11) is 1.56. The predicted octanol–water partition coefficient (Wildman–Crippen LogP) is 3.41. The lowest BCUT2D eigenvalue weighted by atomic mass is 10.1. The second-order valence-electron chi connectivity index (χ2n) is 10.1. The lowest BCUT2D eigenvalue weighted by Gasteiger charge is -2.17. The van der Waals surface area contributed by atoms with Crippen LogP contribution in [0.2, 0.25) is 0 Å².